The van der Waals surface area contributed by atoms with Gasteiger partial charge in [0.1, 0.15) is 18.8 Å². The maximum Gasteiger partial charge on any atom is 0.338 e. The first-order chi connectivity index (χ1) is 20.0. The van der Waals surface area contributed by atoms with E-state index in [4.69, 9.17) is 33.2 Å². The minimum Gasteiger partial charge on any atom is -0.493 e. The molecule has 0 aromatic heterocycles. The highest BCUT2D eigenvalue weighted by molar-refractivity contribution is 5.90. The number of methoxy groups -OCH3 is 1. The van der Waals surface area contributed by atoms with Crippen LogP contribution in [0.2, 0.25) is 0 Å². The SMILES string of the molecule is COc1cc(C(=O)OCc2ccccc2)ccc1OC1C[C@H](COC(C)=O)[C@H](OC(C)=O)[C@H](OC(C)=O)[C@H]1OC(C)=O. The Morgan fingerprint density at radius 1 is 0.714 bits per heavy atom. The van der Waals surface area contributed by atoms with Crippen LogP contribution in [0, 0.1) is 5.92 Å². The molecule has 1 aliphatic carbocycles. The van der Waals surface area contributed by atoms with Crippen LogP contribution in [0.3, 0.4) is 0 Å². The molecule has 42 heavy (non-hydrogen) atoms. The zero-order valence-electron chi connectivity index (χ0n) is 24.0. The number of carbonyl (C=O) groups is 5. The summed E-state index contributed by atoms with van der Waals surface area (Å²) in [5.41, 5.74) is 1.03. The Morgan fingerprint density at radius 2 is 1.33 bits per heavy atom. The molecule has 0 N–H and O–H groups in total. The lowest BCUT2D eigenvalue weighted by Gasteiger charge is -2.44. The zero-order valence-corrected chi connectivity index (χ0v) is 24.0. The molecule has 2 aromatic rings. The number of carbonyl (C=O) groups excluding carboxylic acids is 5. The fraction of sp³-hybridized carbons (Fsp3) is 0.433. The van der Waals surface area contributed by atoms with Crippen molar-refractivity contribution in [2.75, 3.05) is 13.7 Å². The molecule has 226 valence electrons. The van der Waals surface area contributed by atoms with E-state index in [0.29, 0.717) is 0 Å². The van der Waals surface area contributed by atoms with Crippen molar-refractivity contribution < 1.29 is 57.1 Å². The maximum atomic E-state index is 12.7. The molecule has 0 saturated heterocycles. The molecule has 2 aromatic carbocycles. The van der Waals surface area contributed by atoms with Gasteiger partial charge in [-0.2, -0.15) is 0 Å². The highest BCUT2D eigenvalue weighted by Crippen LogP contribution is 2.37. The van der Waals surface area contributed by atoms with Gasteiger partial charge in [0.25, 0.3) is 0 Å². The Labute approximate surface area is 243 Å². The molecule has 5 atom stereocenters. The molecule has 1 aliphatic rings. The number of hydrogen-bond donors (Lipinski definition) is 0. The van der Waals surface area contributed by atoms with E-state index >= 15 is 0 Å². The third-order valence-electron chi connectivity index (χ3n) is 6.31. The first-order valence-electron chi connectivity index (χ1n) is 13.2. The van der Waals surface area contributed by atoms with E-state index < -0.39 is 60.2 Å². The second kappa shape index (κ2) is 14.9. The summed E-state index contributed by atoms with van der Waals surface area (Å²) < 4.78 is 38.8. The second-order valence-corrected chi connectivity index (χ2v) is 9.60. The molecule has 0 bridgehead atoms. The van der Waals surface area contributed by atoms with Crippen LogP contribution >= 0.6 is 0 Å². The fourth-order valence-electron chi connectivity index (χ4n) is 4.61. The van der Waals surface area contributed by atoms with Gasteiger partial charge in [0.05, 0.1) is 19.3 Å². The molecular formula is C30H34O12. The van der Waals surface area contributed by atoms with Crippen molar-refractivity contribution in [3.63, 3.8) is 0 Å². The fourth-order valence-corrected chi connectivity index (χ4v) is 4.61. The largest absolute Gasteiger partial charge is 0.493 e. The molecule has 1 saturated carbocycles. The van der Waals surface area contributed by atoms with Crippen LogP contribution < -0.4 is 9.47 Å². The van der Waals surface area contributed by atoms with Crippen molar-refractivity contribution in [1.82, 2.24) is 0 Å². The van der Waals surface area contributed by atoms with Gasteiger partial charge in [-0.1, -0.05) is 30.3 Å². The lowest BCUT2D eigenvalue weighted by molar-refractivity contribution is -0.213. The molecule has 3 rings (SSSR count). The average Bonchev–Trinajstić information content (AvgIpc) is 2.93. The first kappa shape index (κ1) is 31.9. The van der Waals surface area contributed by atoms with Gasteiger partial charge < -0.3 is 33.2 Å². The highest BCUT2D eigenvalue weighted by Gasteiger charge is 2.52. The van der Waals surface area contributed by atoms with Crippen LogP contribution in [0.4, 0.5) is 0 Å². The minimum atomic E-state index is -1.28. The predicted octanol–water partition coefficient (Wildman–Crippen LogP) is 3.18. The topological polar surface area (TPSA) is 150 Å². The summed E-state index contributed by atoms with van der Waals surface area (Å²) in [7, 11) is 1.38. The Bertz CT molecular complexity index is 1270. The summed E-state index contributed by atoms with van der Waals surface area (Å²) in [6.45, 7) is 4.61. The number of hydrogen-bond acceptors (Lipinski definition) is 12. The second-order valence-electron chi connectivity index (χ2n) is 9.60. The van der Waals surface area contributed by atoms with Gasteiger partial charge in [-0.15, -0.1) is 0 Å². The van der Waals surface area contributed by atoms with Gasteiger partial charge in [-0.25, -0.2) is 4.79 Å². The third kappa shape index (κ3) is 8.95. The van der Waals surface area contributed by atoms with E-state index in [9.17, 15) is 24.0 Å². The van der Waals surface area contributed by atoms with Crippen molar-refractivity contribution in [1.29, 1.82) is 0 Å². The van der Waals surface area contributed by atoms with Crippen molar-refractivity contribution in [2.45, 2.75) is 65.1 Å². The van der Waals surface area contributed by atoms with E-state index in [1.165, 1.54) is 46.1 Å². The summed E-state index contributed by atoms with van der Waals surface area (Å²) >= 11 is 0. The molecule has 0 heterocycles. The van der Waals surface area contributed by atoms with Gasteiger partial charge in [0, 0.05) is 33.6 Å². The lowest BCUT2D eigenvalue weighted by Crippen LogP contribution is -2.60. The van der Waals surface area contributed by atoms with Gasteiger partial charge in [-0.3, -0.25) is 19.2 Å². The van der Waals surface area contributed by atoms with E-state index in [0.717, 1.165) is 12.5 Å². The predicted molar refractivity (Wildman–Crippen MR) is 144 cm³/mol. The van der Waals surface area contributed by atoms with Crippen molar-refractivity contribution in [2.24, 2.45) is 5.92 Å². The Kier molecular flexibility index (Phi) is 11.3. The smallest absolute Gasteiger partial charge is 0.338 e. The Morgan fingerprint density at radius 3 is 1.93 bits per heavy atom. The quantitative estimate of drug-likeness (QED) is 0.281. The number of esters is 5. The molecule has 1 unspecified atom stereocenters. The van der Waals surface area contributed by atoms with Crippen molar-refractivity contribution in [3.8, 4) is 11.5 Å². The van der Waals surface area contributed by atoms with Gasteiger partial charge >= 0.3 is 29.8 Å². The molecular weight excluding hydrogens is 552 g/mol. The summed E-state index contributed by atoms with van der Waals surface area (Å²) in [6, 6.07) is 13.6. The van der Waals surface area contributed by atoms with Gasteiger partial charge in [-0.05, 0) is 30.2 Å². The first-order valence-corrected chi connectivity index (χ1v) is 13.2. The van der Waals surface area contributed by atoms with Gasteiger partial charge in [0.15, 0.2) is 23.7 Å². The normalized spacial score (nSPS) is 21.3. The van der Waals surface area contributed by atoms with Crippen LogP contribution in [0.5, 0.6) is 11.5 Å². The number of ether oxygens (including phenoxy) is 7. The van der Waals surface area contributed by atoms with Crippen molar-refractivity contribution >= 4 is 29.8 Å². The summed E-state index contributed by atoms with van der Waals surface area (Å²) in [5, 5.41) is 0. The van der Waals surface area contributed by atoms with Crippen LogP contribution in [-0.2, 0) is 49.5 Å². The Hall–Kier alpha value is -4.61. The van der Waals surface area contributed by atoms with Crippen LogP contribution in [0.15, 0.2) is 48.5 Å². The van der Waals surface area contributed by atoms with Gasteiger partial charge in [0.2, 0.25) is 0 Å². The van der Waals surface area contributed by atoms with E-state index in [1.807, 2.05) is 30.3 Å². The molecule has 0 spiro atoms. The Balaban J connectivity index is 1.91. The lowest BCUT2D eigenvalue weighted by atomic mass is 9.80. The summed E-state index contributed by atoms with van der Waals surface area (Å²) in [4.78, 5) is 60.4. The molecule has 0 aliphatic heterocycles. The summed E-state index contributed by atoms with van der Waals surface area (Å²) in [6.07, 6.45) is -4.53. The molecule has 0 amide bonds. The zero-order chi connectivity index (χ0) is 30.8. The minimum absolute atomic E-state index is 0.0605. The van der Waals surface area contributed by atoms with E-state index in [1.54, 1.807) is 0 Å². The highest BCUT2D eigenvalue weighted by atomic mass is 16.6. The molecule has 0 radical (unpaired) electrons. The van der Waals surface area contributed by atoms with E-state index in [-0.39, 0.29) is 36.7 Å². The molecule has 1 fully saturated rings. The van der Waals surface area contributed by atoms with Crippen LogP contribution in [0.25, 0.3) is 0 Å². The maximum absolute atomic E-state index is 12.7. The number of benzene rings is 2. The average molecular weight is 587 g/mol. The standard InChI is InChI=1S/C30H34O12/c1-17(31)37-16-23-14-26(28(40-19(3)33)29(41-20(4)34)27(23)39-18(2)32)42-24-12-11-22(13-25(24)36-5)30(35)38-15-21-9-7-6-8-10-21/h6-13,23,26-29H,14-16H2,1-5H3/t23-,26?,27+,28+,29+/m1/s1. The molecule has 12 nitrogen and oxygen atoms in total. The third-order valence-corrected chi connectivity index (χ3v) is 6.31. The monoisotopic (exact) mass is 586 g/mol. The number of rotatable bonds is 11. The molecule has 12 heteroatoms. The van der Waals surface area contributed by atoms with Crippen molar-refractivity contribution in [3.05, 3.63) is 59.7 Å². The summed E-state index contributed by atoms with van der Waals surface area (Å²) in [5.74, 6) is -3.60. The van der Waals surface area contributed by atoms with Crippen LogP contribution in [-0.4, -0.2) is 68.0 Å². The van der Waals surface area contributed by atoms with Crippen LogP contribution in [0.1, 0.15) is 50.0 Å². The van der Waals surface area contributed by atoms with E-state index in [2.05, 4.69) is 0 Å².